The van der Waals surface area contributed by atoms with E-state index in [1.807, 2.05) is 0 Å². The molecule has 1 aromatic heterocycles. The van der Waals surface area contributed by atoms with Crippen LogP contribution in [-0.2, 0) is 5.33 Å². The molecule has 0 amide bonds. The van der Waals surface area contributed by atoms with Gasteiger partial charge in [0.25, 0.3) is 0 Å². The Morgan fingerprint density at radius 1 is 1.29 bits per heavy atom. The SMILES string of the molecule is BrCc1ccc(-c2nnsc2I)cc1. The van der Waals surface area contributed by atoms with Crippen LogP contribution in [0.4, 0.5) is 0 Å². The van der Waals surface area contributed by atoms with Crippen LogP contribution in [0.15, 0.2) is 24.3 Å². The molecule has 0 saturated heterocycles. The second kappa shape index (κ2) is 4.67. The van der Waals surface area contributed by atoms with Crippen LogP contribution in [0.3, 0.4) is 0 Å². The Labute approximate surface area is 108 Å². The van der Waals surface area contributed by atoms with Crippen LogP contribution >= 0.6 is 50.1 Å². The molecule has 2 rings (SSSR count). The van der Waals surface area contributed by atoms with Crippen LogP contribution in [-0.4, -0.2) is 9.59 Å². The molecule has 0 aliphatic heterocycles. The molecule has 1 heterocycles. The zero-order valence-electron chi connectivity index (χ0n) is 7.08. The van der Waals surface area contributed by atoms with Gasteiger partial charge in [0, 0.05) is 10.9 Å². The number of aromatic nitrogens is 2. The minimum Gasteiger partial charge on any atom is -0.137 e. The van der Waals surface area contributed by atoms with Crippen molar-refractivity contribution in [3.8, 4) is 11.3 Å². The molecule has 0 spiro atoms. The van der Waals surface area contributed by atoms with Crippen molar-refractivity contribution in [1.82, 2.24) is 9.59 Å². The Morgan fingerprint density at radius 3 is 2.50 bits per heavy atom. The van der Waals surface area contributed by atoms with Gasteiger partial charge in [-0.1, -0.05) is 44.7 Å². The predicted molar refractivity (Wildman–Crippen MR) is 70.7 cm³/mol. The Kier molecular flexibility index (Phi) is 3.51. The van der Waals surface area contributed by atoms with Crippen molar-refractivity contribution >= 4 is 50.1 Å². The van der Waals surface area contributed by atoms with Gasteiger partial charge in [0.05, 0.1) is 0 Å². The van der Waals surface area contributed by atoms with E-state index in [1.165, 1.54) is 17.1 Å². The number of benzene rings is 1. The third kappa shape index (κ3) is 2.14. The first-order valence-corrected chi connectivity index (χ1v) is 6.92. The fourth-order valence-electron chi connectivity index (χ4n) is 1.10. The first kappa shape index (κ1) is 10.5. The van der Waals surface area contributed by atoms with Crippen molar-refractivity contribution in [1.29, 1.82) is 0 Å². The zero-order chi connectivity index (χ0) is 9.97. The summed E-state index contributed by atoms with van der Waals surface area (Å²) >= 11 is 7.10. The fourth-order valence-corrected chi connectivity index (χ4v) is 2.60. The maximum atomic E-state index is 4.09. The molecule has 0 aliphatic carbocycles. The highest BCUT2D eigenvalue weighted by Gasteiger charge is 2.06. The van der Waals surface area contributed by atoms with Crippen LogP contribution in [0.5, 0.6) is 0 Å². The van der Waals surface area contributed by atoms with Gasteiger partial charge in [0.1, 0.15) is 8.58 Å². The summed E-state index contributed by atoms with van der Waals surface area (Å²) in [5, 5.41) is 4.98. The molecule has 72 valence electrons. The van der Waals surface area contributed by atoms with Gasteiger partial charge in [-0.3, -0.25) is 0 Å². The number of rotatable bonds is 2. The minimum absolute atomic E-state index is 0.889. The molecule has 2 nitrogen and oxygen atoms in total. The van der Waals surface area contributed by atoms with E-state index in [9.17, 15) is 0 Å². The van der Waals surface area contributed by atoms with Crippen LogP contribution in [0.1, 0.15) is 5.56 Å². The van der Waals surface area contributed by atoms with Crippen molar-refractivity contribution in [2.45, 2.75) is 5.33 Å². The fraction of sp³-hybridized carbons (Fsp3) is 0.111. The van der Waals surface area contributed by atoms with Crippen LogP contribution in [0.25, 0.3) is 11.3 Å². The quantitative estimate of drug-likeness (QED) is 0.586. The topological polar surface area (TPSA) is 25.8 Å². The summed E-state index contributed by atoms with van der Waals surface area (Å²) in [4.78, 5) is 0. The van der Waals surface area contributed by atoms with Crippen molar-refractivity contribution < 1.29 is 0 Å². The maximum absolute atomic E-state index is 4.09. The van der Waals surface area contributed by atoms with E-state index < -0.39 is 0 Å². The molecule has 0 atom stereocenters. The number of alkyl halides is 1. The van der Waals surface area contributed by atoms with E-state index in [0.29, 0.717) is 0 Å². The summed E-state index contributed by atoms with van der Waals surface area (Å²) in [7, 11) is 0. The van der Waals surface area contributed by atoms with Gasteiger partial charge in [-0.2, -0.15) is 0 Å². The molecule has 14 heavy (non-hydrogen) atoms. The Morgan fingerprint density at radius 2 is 2.00 bits per heavy atom. The van der Waals surface area contributed by atoms with Crippen LogP contribution in [0.2, 0.25) is 0 Å². The summed E-state index contributed by atoms with van der Waals surface area (Å²) in [6.07, 6.45) is 0. The molecule has 0 saturated carbocycles. The first-order chi connectivity index (χ1) is 6.81. The number of hydrogen-bond donors (Lipinski definition) is 0. The predicted octanol–water partition coefficient (Wildman–Crippen LogP) is 3.70. The Balaban J connectivity index is 2.39. The summed E-state index contributed by atoms with van der Waals surface area (Å²) < 4.78 is 5.05. The van der Waals surface area contributed by atoms with E-state index >= 15 is 0 Å². The van der Waals surface area contributed by atoms with Crippen molar-refractivity contribution in [3.05, 3.63) is 32.7 Å². The number of halogens is 2. The second-order valence-corrected chi connectivity index (χ2v) is 5.85. The highest BCUT2D eigenvalue weighted by atomic mass is 127. The van der Waals surface area contributed by atoms with Crippen LogP contribution < -0.4 is 0 Å². The van der Waals surface area contributed by atoms with E-state index in [4.69, 9.17) is 0 Å². The molecule has 0 radical (unpaired) electrons. The average Bonchev–Trinajstić information content (AvgIpc) is 2.65. The molecule has 1 aromatic carbocycles. The van der Waals surface area contributed by atoms with E-state index in [-0.39, 0.29) is 0 Å². The maximum Gasteiger partial charge on any atom is 0.119 e. The molecule has 0 aliphatic rings. The molecule has 0 bridgehead atoms. The van der Waals surface area contributed by atoms with Crippen molar-refractivity contribution in [2.75, 3.05) is 0 Å². The second-order valence-electron chi connectivity index (χ2n) is 2.73. The van der Waals surface area contributed by atoms with Crippen molar-refractivity contribution in [3.63, 3.8) is 0 Å². The van der Waals surface area contributed by atoms with Crippen LogP contribution in [0, 0.1) is 2.88 Å². The standard InChI is InChI=1S/C9H6BrIN2S/c10-5-6-1-3-7(4-2-6)8-9(11)14-13-12-8/h1-4H,5H2. The molecule has 0 N–H and O–H groups in total. The number of nitrogens with zero attached hydrogens (tertiary/aromatic N) is 2. The monoisotopic (exact) mass is 380 g/mol. The number of hydrogen-bond acceptors (Lipinski definition) is 3. The van der Waals surface area contributed by atoms with Gasteiger partial charge in [-0.15, -0.1) is 5.10 Å². The highest BCUT2D eigenvalue weighted by Crippen LogP contribution is 2.25. The largest absolute Gasteiger partial charge is 0.137 e. The molecule has 0 fully saturated rings. The van der Waals surface area contributed by atoms with Gasteiger partial charge >= 0.3 is 0 Å². The summed E-state index contributed by atoms with van der Waals surface area (Å²) in [5.74, 6) is 0. The highest BCUT2D eigenvalue weighted by molar-refractivity contribution is 14.1. The lowest BCUT2D eigenvalue weighted by Gasteiger charge is -1.98. The van der Waals surface area contributed by atoms with Gasteiger partial charge in [-0.25, -0.2) is 0 Å². The molecule has 5 heteroatoms. The van der Waals surface area contributed by atoms with Gasteiger partial charge < -0.3 is 0 Å². The molecule has 0 unspecified atom stereocenters. The smallest absolute Gasteiger partial charge is 0.119 e. The third-order valence-corrected chi connectivity index (χ3v) is 4.10. The summed E-state index contributed by atoms with van der Waals surface area (Å²) in [6, 6.07) is 8.35. The lowest BCUT2D eigenvalue weighted by atomic mass is 10.1. The van der Waals surface area contributed by atoms with E-state index in [0.717, 1.165) is 19.5 Å². The summed E-state index contributed by atoms with van der Waals surface area (Å²) in [5.41, 5.74) is 3.39. The summed E-state index contributed by atoms with van der Waals surface area (Å²) in [6.45, 7) is 0. The average molecular weight is 381 g/mol. The van der Waals surface area contributed by atoms with Gasteiger partial charge in [0.15, 0.2) is 0 Å². The van der Waals surface area contributed by atoms with Gasteiger partial charge in [-0.05, 0) is 39.7 Å². The molecular weight excluding hydrogens is 375 g/mol. The minimum atomic E-state index is 0.889. The van der Waals surface area contributed by atoms with E-state index in [2.05, 4.69) is 72.4 Å². The molecule has 2 aromatic rings. The normalized spacial score (nSPS) is 10.4. The van der Waals surface area contributed by atoms with E-state index in [1.54, 1.807) is 0 Å². The Hall–Kier alpha value is -0.0100. The van der Waals surface area contributed by atoms with Crippen molar-refractivity contribution in [2.24, 2.45) is 0 Å². The molecular formula is C9H6BrIN2S. The third-order valence-electron chi connectivity index (χ3n) is 1.83. The lowest BCUT2D eigenvalue weighted by molar-refractivity contribution is 1.16. The lowest BCUT2D eigenvalue weighted by Crippen LogP contribution is -1.82. The van der Waals surface area contributed by atoms with Gasteiger partial charge in [0.2, 0.25) is 0 Å². The Bertz CT molecular complexity index is 427. The first-order valence-electron chi connectivity index (χ1n) is 3.94. The zero-order valence-corrected chi connectivity index (χ0v) is 11.6.